The minimum Gasteiger partial charge on any atom is -0.367 e. The molecule has 0 radical (unpaired) electrons. The summed E-state index contributed by atoms with van der Waals surface area (Å²) in [5.74, 6) is 0.678. The van der Waals surface area contributed by atoms with Crippen LogP contribution in [0.3, 0.4) is 0 Å². The van der Waals surface area contributed by atoms with Gasteiger partial charge in [-0.2, -0.15) is 0 Å². The molecule has 15 heavy (non-hydrogen) atoms. The van der Waals surface area contributed by atoms with Gasteiger partial charge in [-0.25, -0.2) is 0 Å². The van der Waals surface area contributed by atoms with E-state index in [1.54, 1.807) is 5.57 Å². The van der Waals surface area contributed by atoms with E-state index in [0.717, 1.165) is 0 Å². The van der Waals surface area contributed by atoms with Gasteiger partial charge in [-0.1, -0.05) is 25.0 Å². The van der Waals surface area contributed by atoms with Crippen LogP contribution in [0.5, 0.6) is 0 Å². The molecule has 1 atom stereocenters. The van der Waals surface area contributed by atoms with Gasteiger partial charge in [0.05, 0.1) is 0 Å². The molecule has 2 rings (SSSR count). The zero-order valence-electron chi connectivity index (χ0n) is 9.63. The van der Waals surface area contributed by atoms with E-state index in [2.05, 4.69) is 30.2 Å². The standard InChI is InChI=1S/C14H21N/c1-2-3-5-12-6-4-7-13(10-12)14-8-9-15-11-14/h8-11,13,15H,2-7H2,1H3. The summed E-state index contributed by atoms with van der Waals surface area (Å²) in [6.07, 6.45) is 14.7. The van der Waals surface area contributed by atoms with E-state index in [9.17, 15) is 0 Å². The molecule has 0 saturated carbocycles. The van der Waals surface area contributed by atoms with Gasteiger partial charge >= 0.3 is 0 Å². The number of aromatic amines is 1. The van der Waals surface area contributed by atoms with E-state index in [1.807, 2.05) is 6.20 Å². The summed E-state index contributed by atoms with van der Waals surface area (Å²) >= 11 is 0. The van der Waals surface area contributed by atoms with Crippen LogP contribution in [-0.2, 0) is 0 Å². The smallest absolute Gasteiger partial charge is 0.00433 e. The molecule has 1 aromatic rings. The molecule has 0 aliphatic heterocycles. The first-order valence-electron chi connectivity index (χ1n) is 6.22. The molecule has 1 heterocycles. The summed E-state index contributed by atoms with van der Waals surface area (Å²) < 4.78 is 0. The Morgan fingerprint density at radius 1 is 1.47 bits per heavy atom. The Labute approximate surface area is 92.6 Å². The van der Waals surface area contributed by atoms with Gasteiger partial charge in [0, 0.05) is 18.3 Å². The maximum atomic E-state index is 3.16. The fraction of sp³-hybridized carbons (Fsp3) is 0.571. The largest absolute Gasteiger partial charge is 0.367 e. The number of allylic oxidation sites excluding steroid dienone is 2. The van der Waals surface area contributed by atoms with Crippen molar-refractivity contribution in [2.75, 3.05) is 0 Å². The molecule has 1 aliphatic carbocycles. The number of hydrogen-bond donors (Lipinski definition) is 1. The Kier molecular flexibility index (Phi) is 3.65. The number of unbranched alkanes of at least 4 members (excludes halogenated alkanes) is 1. The van der Waals surface area contributed by atoms with Gasteiger partial charge in [-0.3, -0.25) is 0 Å². The number of aromatic nitrogens is 1. The number of H-pyrrole nitrogens is 1. The molecule has 1 nitrogen and oxygen atoms in total. The summed E-state index contributed by atoms with van der Waals surface area (Å²) in [6, 6.07) is 2.21. The van der Waals surface area contributed by atoms with E-state index in [1.165, 1.54) is 44.1 Å². The lowest BCUT2D eigenvalue weighted by Crippen LogP contribution is -2.02. The quantitative estimate of drug-likeness (QED) is 0.698. The van der Waals surface area contributed by atoms with E-state index in [0.29, 0.717) is 5.92 Å². The molecular weight excluding hydrogens is 182 g/mol. The van der Waals surface area contributed by atoms with Crippen molar-refractivity contribution in [1.29, 1.82) is 0 Å². The molecule has 82 valence electrons. The number of rotatable bonds is 4. The van der Waals surface area contributed by atoms with Crippen molar-refractivity contribution in [3.63, 3.8) is 0 Å². The van der Waals surface area contributed by atoms with Crippen LogP contribution in [0.1, 0.15) is 56.9 Å². The van der Waals surface area contributed by atoms with Gasteiger partial charge in [0.2, 0.25) is 0 Å². The first-order chi connectivity index (χ1) is 7.40. The second-order valence-corrected chi connectivity index (χ2v) is 4.57. The van der Waals surface area contributed by atoms with Gasteiger partial charge < -0.3 is 4.98 Å². The molecule has 1 unspecified atom stereocenters. The second-order valence-electron chi connectivity index (χ2n) is 4.57. The highest BCUT2D eigenvalue weighted by Crippen LogP contribution is 2.32. The van der Waals surface area contributed by atoms with Gasteiger partial charge in [0.25, 0.3) is 0 Å². The minimum atomic E-state index is 0.678. The fourth-order valence-electron chi connectivity index (χ4n) is 2.44. The molecule has 1 aliphatic rings. The van der Waals surface area contributed by atoms with Crippen LogP contribution in [-0.4, -0.2) is 4.98 Å². The molecule has 0 fully saturated rings. The van der Waals surface area contributed by atoms with E-state index in [4.69, 9.17) is 0 Å². The van der Waals surface area contributed by atoms with Gasteiger partial charge in [-0.05, 0) is 43.7 Å². The van der Waals surface area contributed by atoms with Crippen LogP contribution in [0, 0.1) is 0 Å². The fourth-order valence-corrected chi connectivity index (χ4v) is 2.44. The molecule has 1 N–H and O–H groups in total. The lowest BCUT2D eigenvalue weighted by molar-refractivity contribution is 0.606. The molecule has 0 bridgehead atoms. The summed E-state index contributed by atoms with van der Waals surface area (Å²) in [7, 11) is 0. The summed E-state index contributed by atoms with van der Waals surface area (Å²) in [6.45, 7) is 2.27. The second kappa shape index (κ2) is 5.20. The van der Waals surface area contributed by atoms with Crippen LogP contribution >= 0.6 is 0 Å². The van der Waals surface area contributed by atoms with Crippen LogP contribution < -0.4 is 0 Å². The Hall–Kier alpha value is -0.980. The first-order valence-corrected chi connectivity index (χ1v) is 6.22. The highest BCUT2D eigenvalue weighted by molar-refractivity contribution is 5.24. The van der Waals surface area contributed by atoms with Crippen LogP contribution in [0.2, 0.25) is 0 Å². The van der Waals surface area contributed by atoms with Crippen LogP contribution in [0.25, 0.3) is 0 Å². The topological polar surface area (TPSA) is 15.8 Å². The maximum absolute atomic E-state index is 3.16. The first kappa shape index (κ1) is 10.5. The molecule has 1 heteroatoms. The average Bonchev–Trinajstić information content (AvgIpc) is 2.80. The van der Waals surface area contributed by atoms with Crippen LogP contribution in [0.4, 0.5) is 0 Å². The predicted octanol–water partition coefficient (Wildman–Crippen LogP) is 4.40. The number of nitrogens with one attached hydrogen (secondary N) is 1. The van der Waals surface area contributed by atoms with Crippen molar-refractivity contribution in [1.82, 2.24) is 4.98 Å². The Morgan fingerprint density at radius 2 is 2.40 bits per heavy atom. The molecule has 0 aromatic carbocycles. The van der Waals surface area contributed by atoms with Crippen molar-refractivity contribution in [2.45, 2.75) is 51.4 Å². The Balaban J connectivity index is 2.01. The van der Waals surface area contributed by atoms with Crippen molar-refractivity contribution in [3.8, 4) is 0 Å². The minimum absolute atomic E-state index is 0.678. The molecule has 0 saturated heterocycles. The van der Waals surface area contributed by atoms with E-state index in [-0.39, 0.29) is 0 Å². The third-order valence-corrected chi connectivity index (χ3v) is 3.35. The van der Waals surface area contributed by atoms with Gasteiger partial charge in [0.15, 0.2) is 0 Å². The molecular formula is C14H21N. The van der Waals surface area contributed by atoms with Gasteiger partial charge in [0.1, 0.15) is 0 Å². The van der Waals surface area contributed by atoms with Crippen molar-refractivity contribution >= 4 is 0 Å². The lowest BCUT2D eigenvalue weighted by Gasteiger charge is -2.20. The average molecular weight is 203 g/mol. The normalized spacial score (nSPS) is 21.4. The number of hydrogen-bond acceptors (Lipinski definition) is 0. The van der Waals surface area contributed by atoms with Gasteiger partial charge in [-0.15, -0.1) is 0 Å². The monoisotopic (exact) mass is 203 g/mol. The van der Waals surface area contributed by atoms with Crippen LogP contribution in [0.15, 0.2) is 30.1 Å². The van der Waals surface area contributed by atoms with Crippen molar-refractivity contribution in [2.24, 2.45) is 0 Å². The summed E-state index contributed by atoms with van der Waals surface area (Å²) in [5.41, 5.74) is 3.15. The molecule has 0 spiro atoms. The SMILES string of the molecule is CCCCC1=CC(c2cc[nH]c2)CCC1. The highest BCUT2D eigenvalue weighted by Gasteiger charge is 2.15. The van der Waals surface area contributed by atoms with Crippen molar-refractivity contribution < 1.29 is 0 Å². The Bertz CT molecular complexity index is 308. The zero-order valence-corrected chi connectivity index (χ0v) is 9.63. The third-order valence-electron chi connectivity index (χ3n) is 3.35. The lowest BCUT2D eigenvalue weighted by atomic mass is 9.85. The van der Waals surface area contributed by atoms with E-state index >= 15 is 0 Å². The summed E-state index contributed by atoms with van der Waals surface area (Å²) in [5, 5.41) is 0. The molecule has 1 aromatic heterocycles. The van der Waals surface area contributed by atoms with E-state index < -0.39 is 0 Å². The predicted molar refractivity (Wildman–Crippen MR) is 65.0 cm³/mol. The summed E-state index contributed by atoms with van der Waals surface area (Å²) in [4.78, 5) is 3.16. The molecule has 0 amide bonds. The highest BCUT2D eigenvalue weighted by atomic mass is 14.6. The zero-order chi connectivity index (χ0) is 10.5. The third kappa shape index (κ3) is 2.74. The Morgan fingerprint density at radius 3 is 3.13 bits per heavy atom. The maximum Gasteiger partial charge on any atom is 0.00433 e. The van der Waals surface area contributed by atoms with Crippen molar-refractivity contribution in [3.05, 3.63) is 35.7 Å².